The van der Waals surface area contributed by atoms with Gasteiger partial charge in [0.25, 0.3) is 5.91 Å². The Kier molecular flexibility index (Phi) is 8.49. The molecule has 3 rings (SSSR count). The van der Waals surface area contributed by atoms with Crippen LogP contribution in [0, 0.1) is 5.41 Å². The Labute approximate surface area is 216 Å². The van der Waals surface area contributed by atoms with E-state index in [9.17, 15) is 22.8 Å². The lowest BCUT2D eigenvalue weighted by Gasteiger charge is -2.20. The molecule has 0 aliphatic rings. The van der Waals surface area contributed by atoms with Gasteiger partial charge in [-0.15, -0.1) is 0 Å². The van der Waals surface area contributed by atoms with Gasteiger partial charge in [-0.2, -0.15) is 0 Å². The van der Waals surface area contributed by atoms with Gasteiger partial charge in [-0.3, -0.25) is 9.59 Å². The molecule has 0 spiro atoms. The Morgan fingerprint density at radius 1 is 0.838 bits per heavy atom. The van der Waals surface area contributed by atoms with Gasteiger partial charge in [0.05, 0.1) is 16.2 Å². The second-order valence-electron chi connectivity index (χ2n) is 9.93. The summed E-state index contributed by atoms with van der Waals surface area (Å²) in [4.78, 5) is 37.3. The number of carbonyl (C=O) groups excluding carboxylic acids is 2. The van der Waals surface area contributed by atoms with E-state index in [1.54, 1.807) is 0 Å². The van der Waals surface area contributed by atoms with Crippen molar-refractivity contribution in [1.29, 1.82) is 0 Å². The second kappa shape index (κ2) is 11.4. The van der Waals surface area contributed by atoms with E-state index >= 15 is 0 Å². The predicted octanol–water partition coefficient (Wildman–Crippen LogP) is 4.18. The van der Waals surface area contributed by atoms with Gasteiger partial charge in [0.1, 0.15) is 6.04 Å². The number of carboxylic acids is 1. The van der Waals surface area contributed by atoms with Gasteiger partial charge in [0.2, 0.25) is 5.91 Å². The van der Waals surface area contributed by atoms with E-state index < -0.39 is 39.1 Å². The molecule has 0 aliphatic carbocycles. The maximum Gasteiger partial charge on any atom is 0.335 e. The molecule has 0 heterocycles. The van der Waals surface area contributed by atoms with Gasteiger partial charge in [0.15, 0.2) is 9.84 Å². The van der Waals surface area contributed by atoms with Crippen molar-refractivity contribution in [3.63, 3.8) is 0 Å². The number of carbonyl (C=O) groups is 3. The summed E-state index contributed by atoms with van der Waals surface area (Å²) in [5, 5.41) is 14.5. The zero-order valence-electron chi connectivity index (χ0n) is 20.9. The summed E-state index contributed by atoms with van der Waals surface area (Å²) in [6, 6.07) is 19.6. The fourth-order valence-corrected chi connectivity index (χ4v) is 5.55. The number of anilines is 1. The Balaban J connectivity index is 1.77. The smallest absolute Gasteiger partial charge is 0.335 e. The lowest BCUT2D eigenvalue weighted by atomic mass is 10.0. The van der Waals surface area contributed by atoms with Crippen LogP contribution in [0.1, 0.15) is 47.1 Å². The first kappa shape index (κ1) is 27.6. The third kappa shape index (κ3) is 8.01. The number of hydrogen-bond donors (Lipinski definition) is 3. The molecule has 0 radical (unpaired) electrons. The number of carboxylic acid groups (broad SMARTS) is 1. The van der Waals surface area contributed by atoms with Crippen LogP contribution in [0.25, 0.3) is 0 Å². The molecule has 0 saturated heterocycles. The average Bonchev–Trinajstić information content (AvgIpc) is 2.83. The van der Waals surface area contributed by atoms with E-state index in [1.165, 1.54) is 48.5 Å². The molecule has 0 aromatic heterocycles. The normalized spacial score (nSPS) is 12.4. The highest BCUT2D eigenvalue weighted by atomic mass is 32.2. The number of sulfone groups is 1. The van der Waals surface area contributed by atoms with Gasteiger partial charge >= 0.3 is 5.97 Å². The second-order valence-corrected chi connectivity index (χ2v) is 11.9. The van der Waals surface area contributed by atoms with Crippen molar-refractivity contribution in [2.75, 3.05) is 11.1 Å². The highest BCUT2D eigenvalue weighted by molar-refractivity contribution is 7.91. The van der Waals surface area contributed by atoms with Crippen LogP contribution in [-0.2, 0) is 21.1 Å². The quantitative estimate of drug-likeness (QED) is 0.387. The van der Waals surface area contributed by atoms with Gasteiger partial charge < -0.3 is 15.7 Å². The summed E-state index contributed by atoms with van der Waals surface area (Å²) in [5.41, 5.74) is 1.07. The van der Waals surface area contributed by atoms with E-state index in [2.05, 4.69) is 10.6 Å². The van der Waals surface area contributed by atoms with Crippen LogP contribution in [0.2, 0.25) is 0 Å². The van der Waals surface area contributed by atoms with Crippen molar-refractivity contribution < 1.29 is 27.9 Å². The molecule has 3 N–H and O–H groups in total. The summed E-state index contributed by atoms with van der Waals surface area (Å²) in [6.07, 6.45) is 0.212. The Bertz CT molecular complexity index is 1360. The Morgan fingerprint density at radius 3 is 1.95 bits per heavy atom. The molecule has 3 aromatic rings. The molecule has 37 heavy (non-hydrogen) atoms. The Morgan fingerprint density at radius 2 is 1.41 bits per heavy atom. The van der Waals surface area contributed by atoms with E-state index in [1.807, 2.05) is 51.1 Å². The lowest BCUT2D eigenvalue weighted by molar-refractivity contribution is -0.118. The highest BCUT2D eigenvalue weighted by Crippen LogP contribution is 2.23. The van der Waals surface area contributed by atoms with Crippen LogP contribution >= 0.6 is 0 Å². The molecule has 0 bridgehead atoms. The molecular formula is C28H30N2O6S. The van der Waals surface area contributed by atoms with E-state index in [0.717, 1.165) is 5.56 Å². The largest absolute Gasteiger partial charge is 0.478 e. The summed E-state index contributed by atoms with van der Waals surface area (Å²) >= 11 is 0. The number of benzene rings is 3. The van der Waals surface area contributed by atoms with Crippen molar-refractivity contribution >= 4 is 33.3 Å². The van der Waals surface area contributed by atoms with Crippen LogP contribution in [0.5, 0.6) is 0 Å². The topological polar surface area (TPSA) is 130 Å². The number of rotatable bonds is 9. The number of hydrogen-bond acceptors (Lipinski definition) is 5. The molecule has 0 unspecified atom stereocenters. The summed E-state index contributed by atoms with van der Waals surface area (Å²) in [6.45, 7) is 5.54. The van der Waals surface area contributed by atoms with Crippen molar-refractivity contribution in [3.05, 3.63) is 95.6 Å². The number of aromatic carboxylic acids is 1. The minimum atomic E-state index is -3.48. The molecule has 8 nitrogen and oxygen atoms in total. The van der Waals surface area contributed by atoms with Gasteiger partial charge in [0, 0.05) is 17.7 Å². The highest BCUT2D eigenvalue weighted by Gasteiger charge is 2.25. The van der Waals surface area contributed by atoms with Gasteiger partial charge in [-0.1, -0.05) is 51.1 Å². The number of amides is 2. The monoisotopic (exact) mass is 522 g/mol. The van der Waals surface area contributed by atoms with Crippen LogP contribution in [0.15, 0.2) is 83.8 Å². The lowest BCUT2D eigenvalue weighted by Crippen LogP contribution is -2.45. The van der Waals surface area contributed by atoms with E-state index in [0.29, 0.717) is 5.69 Å². The van der Waals surface area contributed by atoms with Crippen LogP contribution in [-0.4, -0.2) is 43.1 Å². The van der Waals surface area contributed by atoms with Gasteiger partial charge in [-0.25, -0.2) is 13.2 Å². The molecule has 1 atom stereocenters. The summed E-state index contributed by atoms with van der Waals surface area (Å²) in [5.74, 6) is -2.13. The zero-order valence-corrected chi connectivity index (χ0v) is 21.7. The third-order valence-electron chi connectivity index (χ3n) is 5.40. The zero-order chi connectivity index (χ0) is 27.2. The van der Waals surface area contributed by atoms with Gasteiger partial charge in [-0.05, 0) is 59.5 Å². The first-order valence-electron chi connectivity index (χ1n) is 11.7. The first-order valence-corrected chi connectivity index (χ1v) is 13.3. The average molecular weight is 523 g/mol. The third-order valence-corrected chi connectivity index (χ3v) is 7.64. The molecular weight excluding hydrogens is 492 g/mol. The molecule has 3 aromatic carbocycles. The minimum Gasteiger partial charge on any atom is -0.478 e. The molecule has 0 fully saturated rings. The van der Waals surface area contributed by atoms with Crippen molar-refractivity contribution in [3.8, 4) is 0 Å². The molecule has 2 amide bonds. The van der Waals surface area contributed by atoms with Crippen molar-refractivity contribution in [2.24, 2.45) is 5.41 Å². The number of nitrogens with one attached hydrogen (secondary N) is 2. The molecule has 0 saturated carbocycles. The summed E-state index contributed by atoms with van der Waals surface area (Å²) < 4.78 is 25.3. The Hall–Kier alpha value is -3.98. The SMILES string of the molecule is CC(C)(C)CS(=O)(=O)c1ccc(NC(=O)[C@H](Cc2ccccc2)NC(=O)c2ccc(C(=O)O)cc2)cc1. The fourth-order valence-electron chi connectivity index (χ4n) is 3.69. The van der Waals surface area contributed by atoms with Crippen molar-refractivity contribution in [2.45, 2.75) is 38.1 Å². The van der Waals surface area contributed by atoms with Crippen LogP contribution < -0.4 is 10.6 Å². The first-order chi connectivity index (χ1) is 17.3. The van der Waals surface area contributed by atoms with Crippen LogP contribution in [0.3, 0.4) is 0 Å². The maximum atomic E-state index is 13.2. The van der Waals surface area contributed by atoms with Crippen molar-refractivity contribution in [1.82, 2.24) is 5.32 Å². The molecule has 9 heteroatoms. The molecule has 0 aliphatic heterocycles. The van der Waals surface area contributed by atoms with E-state index in [4.69, 9.17) is 5.11 Å². The standard InChI is InChI=1S/C28H30N2O6S/c1-28(2,3)18-37(35,36)23-15-13-22(14-16-23)29-26(32)24(17-19-7-5-4-6-8-19)30-25(31)20-9-11-21(12-10-20)27(33)34/h4-16,24H,17-18H2,1-3H3,(H,29,32)(H,30,31)(H,33,34)/t24-/m0/s1. The minimum absolute atomic E-state index is 0.00959. The van der Waals surface area contributed by atoms with E-state index in [-0.39, 0.29) is 28.2 Å². The molecule has 194 valence electrons. The maximum absolute atomic E-state index is 13.2. The van der Waals surface area contributed by atoms with Crippen LogP contribution in [0.4, 0.5) is 5.69 Å². The predicted molar refractivity (Wildman–Crippen MR) is 141 cm³/mol. The fraction of sp³-hybridized carbons (Fsp3) is 0.250. The summed E-state index contributed by atoms with van der Waals surface area (Å²) in [7, 11) is -3.48.